The van der Waals surface area contributed by atoms with Gasteiger partial charge in [0, 0.05) is 35.0 Å². The van der Waals surface area contributed by atoms with Gasteiger partial charge >= 0.3 is 0 Å². The summed E-state index contributed by atoms with van der Waals surface area (Å²) in [6.07, 6.45) is 7.53. The topological polar surface area (TPSA) is 121 Å². The van der Waals surface area contributed by atoms with Crippen LogP contribution in [0.3, 0.4) is 0 Å². The van der Waals surface area contributed by atoms with Gasteiger partial charge in [-0.25, -0.2) is 0 Å². The van der Waals surface area contributed by atoms with Crippen molar-refractivity contribution < 1.29 is 38.2 Å². The molecular weight excluding hydrogens is 488 g/mol. The van der Waals surface area contributed by atoms with Gasteiger partial charge in [-0.05, 0) is 39.2 Å². The first-order valence-corrected chi connectivity index (χ1v) is 12.7. The van der Waals surface area contributed by atoms with Crippen LogP contribution in [0, 0.1) is 34.0 Å². The smallest absolute Gasteiger partial charge is 0.206 e. The molecular formula is C30H30O8. The summed E-state index contributed by atoms with van der Waals surface area (Å²) in [5.74, 6) is -7.36. The van der Waals surface area contributed by atoms with Crippen LogP contribution in [0.15, 0.2) is 58.6 Å². The summed E-state index contributed by atoms with van der Waals surface area (Å²) in [5.41, 5.74) is -5.81. The van der Waals surface area contributed by atoms with Crippen molar-refractivity contribution in [1.29, 1.82) is 0 Å². The van der Waals surface area contributed by atoms with Gasteiger partial charge in [-0.15, -0.1) is 0 Å². The Morgan fingerprint density at radius 3 is 2.18 bits per heavy atom. The van der Waals surface area contributed by atoms with Gasteiger partial charge in [-0.3, -0.25) is 28.8 Å². The number of hydrogen-bond acceptors (Lipinski definition) is 8. The first kappa shape index (κ1) is 25.9. The Morgan fingerprint density at radius 1 is 0.947 bits per heavy atom. The lowest BCUT2D eigenvalue weighted by atomic mass is 9.41. The molecule has 0 aromatic heterocycles. The number of carbonyl (C=O) groups excluding carboxylic acids is 6. The molecule has 38 heavy (non-hydrogen) atoms. The summed E-state index contributed by atoms with van der Waals surface area (Å²) < 4.78 is 10.9. The van der Waals surface area contributed by atoms with E-state index in [4.69, 9.17) is 9.47 Å². The van der Waals surface area contributed by atoms with Gasteiger partial charge < -0.3 is 9.47 Å². The van der Waals surface area contributed by atoms with E-state index in [1.165, 1.54) is 40.2 Å². The number of rotatable bonds is 5. The predicted octanol–water partition coefficient (Wildman–Crippen LogP) is 2.98. The molecule has 0 saturated heterocycles. The zero-order valence-electron chi connectivity index (χ0n) is 22.3. The molecule has 0 radical (unpaired) electrons. The molecule has 0 N–H and O–H groups in total. The molecule has 0 unspecified atom stereocenters. The molecule has 2 spiro atoms. The first-order chi connectivity index (χ1) is 18.0. The zero-order valence-corrected chi connectivity index (χ0v) is 22.3. The average Bonchev–Trinajstić information content (AvgIpc) is 3.30. The minimum absolute atomic E-state index is 0.0145. The molecule has 0 amide bonds. The van der Waals surface area contributed by atoms with Crippen LogP contribution in [0.2, 0.25) is 0 Å². The Morgan fingerprint density at radius 2 is 1.58 bits per heavy atom. The van der Waals surface area contributed by atoms with E-state index < -0.39 is 75.1 Å². The lowest BCUT2D eigenvalue weighted by Gasteiger charge is -2.56. The second-order valence-corrected chi connectivity index (χ2v) is 10.9. The Labute approximate surface area is 220 Å². The average molecular weight is 519 g/mol. The fraction of sp³-hybridized carbons (Fsp3) is 0.467. The molecule has 2 saturated carbocycles. The maximum Gasteiger partial charge on any atom is 0.206 e. The molecule has 0 bridgehead atoms. The number of hydrogen-bond donors (Lipinski definition) is 0. The summed E-state index contributed by atoms with van der Waals surface area (Å²) >= 11 is 0. The highest BCUT2D eigenvalue weighted by Crippen LogP contribution is 2.83. The quantitative estimate of drug-likeness (QED) is 0.402. The molecule has 5 rings (SSSR count). The normalized spacial score (nSPS) is 38.2. The van der Waals surface area contributed by atoms with Crippen LogP contribution in [0.5, 0.6) is 0 Å². The largest absolute Gasteiger partial charge is 0.493 e. The zero-order chi connectivity index (χ0) is 27.9. The van der Waals surface area contributed by atoms with E-state index >= 15 is 0 Å². The third kappa shape index (κ3) is 2.38. The lowest BCUT2D eigenvalue weighted by Crippen LogP contribution is -2.66. The van der Waals surface area contributed by atoms with Gasteiger partial charge in [0.2, 0.25) is 11.6 Å². The Balaban J connectivity index is 2.02. The summed E-state index contributed by atoms with van der Waals surface area (Å²) in [6, 6.07) is 0. The second kappa shape index (κ2) is 8.16. The minimum atomic E-state index is -2.02. The van der Waals surface area contributed by atoms with E-state index in [0.29, 0.717) is 0 Å². The molecule has 0 aromatic rings. The number of methoxy groups -OCH3 is 2. The third-order valence-electron chi connectivity index (χ3n) is 9.73. The Kier molecular flexibility index (Phi) is 5.57. The van der Waals surface area contributed by atoms with Gasteiger partial charge in [0.25, 0.3) is 0 Å². The maximum absolute atomic E-state index is 14.7. The number of ketones is 6. The van der Waals surface area contributed by atoms with Crippen LogP contribution >= 0.6 is 0 Å². The van der Waals surface area contributed by atoms with Crippen molar-refractivity contribution in [2.24, 2.45) is 34.0 Å². The SMILES string of the molecule is C/C=C/C=C/C(=O)[C@H]1[C@@H]2C(=O)C(C)=C(OC)C(=O)[C@@]23CC(=O)C2=CC[C@H](C)[C@@]14C(=O)C(OC)=C(C)C(=O)[C@]243. The van der Waals surface area contributed by atoms with Gasteiger partial charge in [0.15, 0.2) is 34.7 Å². The van der Waals surface area contributed by atoms with Crippen LogP contribution in [-0.2, 0) is 38.2 Å². The van der Waals surface area contributed by atoms with Crippen molar-refractivity contribution in [2.45, 2.75) is 40.5 Å². The summed E-state index contributed by atoms with van der Waals surface area (Å²) in [4.78, 5) is 86.0. The van der Waals surface area contributed by atoms with Crippen molar-refractivity contribution in [3.05, 3.63) is 58.6 Å². The van der Waals surface area contributed by atoms with Crippen molar-refractivity contribution in [2.75, 3.05) is 14.2 Å². The van der Waals surface area contributed by atoms with Gasteiger partial charge in [0.1, 0.15) is 0 Å². The molecule has 0 aromatic carbocycles. The van der Waals surface area contributed by atoms with Crippen molar-refractivity contribution in [3.63, 3.8) is 0 Å². The van der Waals surface area contributed by atoms with Gasteiger partial charge in [-0.1, -0.05) is 31.2 Å². The summed E-state index contributed by atoms with van der Waals surface area (Å²) in [6.45, 7) is 6.38. The molecule has 5 aliphatic carbocycles. The van der Waals surface area contributed by atoms with E-state index in [2.05, 4.69) is 0 Å². The highest BCUT2D eigenvalue weighted by molar-refractivity contribution is 6.32. The second-order valence-electron chi connectivity index (χ2n) is 10.9. The fourth-order valence-electron chi connectivity index (χ4n) is 8.59. The molecule has 2 fully saturated rings. The standard InChI is InChI=1S/C30H30O8/c1-7-8-9-10-18(31)20-21-22(33)15(3)23(37-5)26(35)28(21)13-19(32)17-12-11-14(2)29(20)27(36)24(38-6)16(4)25(34)30(17,28)29/h7-10,12,14,20-21H,11,13H2,1-6H3/b8-7+,10-9+/t14-,20-,21+,28+,29-,30-/m0/s1. The third-order valence-corrected chi connectivity index (χ3v) is 9.73. The molecule has 5 aliphatic rings. The van der Waals surface area contributed by atoms with Crippen molar-refractivity contribution >= 4 is 34.7 Å². The minimum Gasteiger partial charge on any atom is -0.493 e. The maximum atomic E-state index is 14.7. The molecule has 0 aliphatic heterocycles. The number of Topliss-reactive ketones (excluding diaryl/α,β-unsaturated/α-hetero) is 5. The van der Waals surface area contributed by atoms with Gasteiger partial charge in [0.05, 0.1) is 30.5 Å². The summed E-state index contributed by atoms with van der Waals surface area (Å²) in [7, 11) is 2.52. The molecule has 198 valence electrons. The predicted molar refractivity (Wildman–Crippen MR) is 134 cm³/mol. The van der Waals surface area contributed by atoms with E-state index in [1.54, 1.807) is 32.1 Å². The van der Waals surface area contributed by atoms with E-state index in [0.717, 1.165) is 0 Å². The monoisotopic (exact) mass is 518 g/mol. The highest BCUT2D eigenvalue weighted by Gasteiger charge is 2.92. The molecule has 0 heterocycles. The van der Waals surface area contributed by atoms with E-state index in [1.807, 2.05) is 0 Å². The number of carbonyl (C=O) groups is 6. The number of allylic oxidation sites excluding steroid dienone is 10. The van der Waals surface area contributed by atoms with Crippen LogP contribution in [0.1, 0.15) is 40.5 Å². The molecule has 8 heteroatoms. The highest BCUT2D eigenvalue weighted by atomic mass is 16.5. The Hall–Kier alpha value is -3.68. The van der Waals surface area contributed by atoms with Gasteiger partial charge in [-0.2, -0.15) is 0 Å². The van der Waals surface area contributed by atoms with Crippen molar-refractivity contribution in [1.82, 2.24) is 0 Å². The van der Waals surface area contributed by atoms with Crippen LogP contribution in [0.4, 0.5) is 0 Å². The Bertz CT molecular complexity index is 1420. The fourth-order valence-corrected chi connectivity index (χ4v) is 8.59. The van der Waals surface area contributed by atoms with Crippen molar-refractivity contribution in [3.8, 4) is 0 Å². The summed E-state index contributed by atoms with van der Waals surface area (Å²) in [5, 5.41) is 0. The lowest BCUT2D eigenvalue weighted by molar-refractivity contribution is -0.164. The number of ether oxygens (including phenoxy) is 2. The van der Waals surface area contributed by atoms with E-state index in [9.17, 15) is 28.8 Å². The van der Waals surface area contributed by atoms with E-state index in [-0.39, 0.29) is 34.7 Å². The van der Waals surface area contributed by atoms with Crippen LogP contribution in [0.25, 0.3) is 0 Å². The first-order valence-electron chi connectivity index (χ1n) is 12.7. The molecule has 6 atom stereocenters. The van der Waals surface area contributed by atoms with Crippen LogP contribution < -0.4 is 0 Å². The van der Waals surface area contributed by atoms with Crippen LogP contribution in [-0.4, -0.2) is 48.9 Å². The molecule has 8 nitrogen and oxygen atoms in total.